The Morgan fingerprint density at radius 3 is 2.53 bits per heavy atom. The summed E-state index contributed by atoms with van der Waals surface area (Å²) < 4.78 is 54.5. The van der Waals surface area contributed by atoms with Crippen molar-refractivity contribution in [2.24, 2.45) is 0 Å². The number of rotatable bonds is 6. The number of hydrogen-bond acceptors (Lipinski definition) is 3. The molecule has 1 rings (SSSR count). The van der Waals surface area contributed by atoms with Crippen LogP contribution in [0, 0.1) is 0 Å². The summed E-state index contributed by atoms with van der Waals surface area (Å²) in [4.78, 5) is 0. The third-order valence-corrected chi connectivity index (χ3v) is 2.66. The van der Waals surface area contributed by atoms with E-state index in [2.05, 4.69) is 5.32 Å². The highest BCUT2D eigenvalue weighted by Gasteiger charge is 2.40. The number of benzene rings is 1. The molecular formula is C12H15F4NO2. The van der Waals surface area contributed by atoms with Crippen LogP contribution in [0.3, 0.4) is 0 Å². The van der Waals surface area contributed by atoms with E-state index in [1.54, 1.807) is 0 Å². The van der Waals surface area contributed by atoms with Crippen LogP contribution >= 0.6 is 0 Å². The molecule has 0 amide bonds. The van der Waals surface area contributed by atoms with Crippen molar-refractivity contribution in [3.63, 3.8) is 0 Å². The molecule has 0 bridgehead atoms. The van der Waals surface area contributed by atoms with Crippen LogP contribution in [0.15, 0.2) is 18.2 Å². The Morgan fingerprint density at radius 2 is 2.00 bits per heavy atom. The lowest BCUT2D eigenvalue weighted by Crippen LogP contribution is -2.39. The predicted octanol–water partition coefficient (Wildman–Crippen LogP) is 2.95. The maximum absolute atomic E-state index is 12.8. The second-order valence-electron chi connectivity index (χ2n) is 4.09. The first-order valence-electron chi connectivity index (χ1n) is 5.54. The summed E-state index contributed by atoms with van der Waals surface area (Å²) in [6.45, 7) is 0.304. The van der Waals surface area contributed by atoms with Crippen molar-refractivity contribution in [1.82, 2.24) is 5.32 Å². The number of nitrogens with one attached hydrogen (secondary N) is 1. The largest absolute Gasteiger partial charge is 0.508 e. The van der Waals surface area contributed by atoms with E-state index in [4.69, 9.17) is 4.74 Å². The van der Waals surface area contributed by atoms with Gasteiger partial charge in [0.1, 0.15) is 11.5 Å². The molecule has 0 spiro atoms. The lowest BCUT2D eigenvalue weighted by Gasteiger charge is -2.21. The molecule has 7 heteroatoms. The van der Waals surface area contributed by atoms with Gasteiger partial charge in [0.25, 0.3) is 0 Å². The topological polar surface area (TPSA) is 41.5 Å². The molecule has 2 N–H and O–H groups in total. The average molecular weight is 281 g/mol. The number of methoxy groups -OCH3 is 1. The van der Waals surface area contributed by atoms with Gasteiger partial charge in [0.15, 0.2) is 0 Å². The zero-order valence-electron chi connectivity index (χ0n) is 10.5. The number of aromatic hydroxyl groups is 1. The van der Waals surface area contributed by atoms with E-state index in [0.29, 0.717) is 11.3 Å². The molecule has 1 aromatic rings. The minimum absolute atomic E-state index is 0.124. The van der Waals surface area contributed by atoms with Gasteiger partial charge in [0.05, 0.1) is 13.7 Å². The minimum Gasteiger partial charge on any atom is -0.508 e. The summed E-state index contributed by atoms with van der Waals surface area (Å²) in [6, 6.07) is 3.57. The predicted molar refractivity (Wildman–Crippen MR) is 62.0 cm³/mol. The quantitative estimate of drug-likeness (QED) is 0.788. The van der Waals surface area contributed by atoms with Crippen LogP contribution in [-0.2, 0) is 0 Å². The zero-order valence-corrected chi connectivity index (χ0v) is 10.5. The molecule has 1 unspecified atom stereocenters. The molecule has 108 valence electrons. The van der Waals surface area contributed by atoms with Crippen molar-refractivity contribution >= 4 is 0 Å². The number of ether oxygens (including phenoxy) is 1. The van der Waals surface area contributed by atoms with Gasteiger partial charge >= 0.3 is 12.3 Å². The van der Waals surface area contributed by atoms with E-state index >= 15 is 0 Å². The van der Waals surface area contributed by atoms with E-state index in [1.165, 1.54) is 32.2 Å². The third kappa shape index (κ3) is 3.99. The normalized spacial score (nSPS) is 13.6. The van der Waals surface area contributed by atoms with Crippen molar-refractivity contribution in [3.05, 3.63) is 23.8 Å². The Labute approximate surface area is 108 Å². The van der Waals surface area contributed by atoms with Gasteiger partial charge in [-0.1, -0.05) is 0 Å². The Hall–Kier alpha value is -1.50. The van der Waals surface area contributed by atoms with Crippen molar-refractivity contribution in [2.45, 2.75) is 25.3 Å². The number of alkyl halides is 4. The molecule has 0 heterocycles. The van der Waals surface area contributed by atoms with Crippen molar-refractivity contribution in [1.29, 1.82) is 0 Å². The fraction of sp³-hybridized carbons (Fsp3) is 0.500. The zero-order chi connectivity index (χ0) is 14.6. The minimum atomic E-state index is -4.11. The standard InChI is InChI=1S/C12H15F4NO2/c1-7(17-6-12(15,16)11(13)14)9-5-8(19-2)3-4-10(9)18/h3-5,7,11,17-18H,6H2,1-2H3. The summed E-state index contributed by atoms with van der Waals surface area (Å²) in [6.07, 6.45) is -3.73. The van der Waals surface area contributed by atoms with Gasteiger partial charge in [-0.2, -0.15) is 8.78 Å². The molecule has 1 atom stereocenters. The van der Waals surface area contributed by atoms with Gasteiger partial charge in [0, 0.05) is 11.6 Å². The summed E-state index contributed by atoms with van der Waals surface area (Å²) in [5.74, 6) is -3.80. The van der Waals surface area contributed by atoms with Gasteiger partial charge in [-0.3, -0.25) is 0 Å². The van der Waals surface area contributed by atoms with Crippen LogP contribution in [0.4, 0.5) is 17.6 Å². The molecule has 1 aromatic carbocycles. The highest BCUT2D eigenvalue weighted by atomic mass is 19.3. The Bertz CT molecular complexity index is 426. The number of halogens is 4. The summed E-state index contributed by atoms with van der Waals surface area (Å²) in [5, 5.41) is 11.9. The average Bonchev–Trinajstić information content (AvgIpc) is 2.36. The van der Waals surface area contributed by atoms with Crippen LogP contribution in [0.2, 0.25) is 0 Å². The fourth-order valence-electron chi connectivity index (χ4n) is 1.48. The van der Waals surface area contributed by atoms with E-state index in [9.17, 15) is 22.7 Å². The fourth-order valence-corrected chi connectivity index (χ4v) is 1.48. The van der Waals surface area contributed by atoms with Crippen LogP contribution in [0.1, 0.15) is 18.5 Å². The highest BCUT2D eigenvalue weighted by Crippen LogP contribution is 2.29. The molecule has 0 aliphatic carbocycles. The molecule has 19 heavy (non-hydrogen) atoms. The van der Waals surface area contributed by atoms with E-state index in [-0.39, 0.29) is 5.75 Å². The summed E-state index contributed by atoms with van der Waals surface area (Å²) >= 11 is 0. The molecule has 0 aliphatic rings. The number of hydrogen-bond donors (Lipinski definition) is 2. The van der Waals surface area contributed by atoms with E-state index in [0.717, 1.165) is 0 Å². The lowest BCUT2D eigenvalue weighted by atomic mass is 10.1. The monoisotopic (exact) mass is 281 g/mol. The second-order valence-corrected chi connectivity index (χ2v) is 4.09. The van der Waals surface area contributed by atoms with Gasteiger partial charge in [-0.05, 0) is 25.1 Å². The molecule has 3 nitrogen and oxygen atoms in total. The maximum atomic E-state index is 12.8. The number of phenols is 1. The highest BCUT2D eigenvalue weighted by molar-refractivity contribution is 5.41. The first kappa shape index (κ1) is 15.6. The molecule has 0 saturated heterocycles. The van der Waals surface area contributed by atoms with Crippen molar-refractivity contribution in [3.8, 4) is 11.5 Å². The van der Waals surface area contributed by atoms with Crippen molar-refractivity contribution < 1.29 is 27.4 Å². The van der Waals surface area contributed by atoms with Gasteiger partial charge in [-0.25, -0.2) is 8.78 Å². The first-order chi connectivity index (χ1) is 8.77. The Kier molecular flexibility index (Phi) is 4.99. The lowest BCUT2D eigenvalue weighted by molar-refractivity contribution is -0.126. The van der Waals surface area contributed by atoms with Crippen LogP contribution in [-0.4, -0.2) is 31.1 Å². The molecular weight excluding hydrogens is 266 g/mol. The summed E-state index contributed by atoms with van der Waals surface area (Å²) in [5.41, 5.74) is 0.296. The summed E-state index contributed by atoms with van der Waals surface area (Å²) in [7, 11) is 1.42. The SMILES string of the molecule is COc1ccc(O)c(C(C)NCC(F)(F)C(F)F)c1. The number of phenolic OH excluding ortho intramolecular Hbond substituents is 1. The first-order valence-corrected chi connectivity index (χ1v) is 5.54. The molecule has 0 saturated carbocycles. The van der Waals surface area contributed by atoms with Crippen LogP contribution < -0.4 is 10.1 Å². The Balaban J connectivity index is 2.76. The van der Waals surface area contributed by atoms with Gasteiger partial charge in [0.2, 0.25) is 0 Å². The Morgan fingerprint density at radius 1 is 1.37 bits per heavy atom. The smallest absolute Gasteiger partial charge is 0.319 e. The van der Waals surface area contributed by atoms with Gasteiger partial charge in [-0.15, -0.1) is 0 Å². The van der Waals surface area contributed by atoms with E-state index in [1.807, 2.05) is 0 Å². The molecule has 0 fully saturated rings. The van der Waals surface area contributed by atoms with Crippen molar-refractivity contribution in [2.75, 3.05) is 13.7 Å². The van der Waals surface area contributed by atoms with Crippen LogP contribution in [0.5, 0.6) is 11.5 Å². The maximum Gasteiger partial charge on any atom is 0.319 e. The van der Waals surface area contributed by atoms with E-state index < -0.39 is 24.9 Å². The van der Waals surface area contributed by atoms with Gasteiger partial charge < -0.3 is 15.2 Å². The molecule has 0 aliphatic heterocycles. The van der Waals surface area contributed by atoms with Crippen LogP contribution in [0.25, 0.3) is 0 Å². The molecule has 0 radical (unpaired) electrons. The molecule has 0 aromatic heterocycles. The third-order valence-electron chi connectivity index (χ3n) is 2.66. The second kappa shape index (κ2) is 6.10.